The molecule has 1 aromatic rings. The zero-order valence-electron chi connectivity index (χ0n) is 8.88. The van der Waals surface area contributed by atoms with E-state index in [-0.39, 0.29) is 24.2 Å². The third kappa shape index (κ3) is 3.06. The van der Waals surface area contributed by atoms with Gasteiger partial charge in [0, 0.05) is 18.7 Å². The average Bonchev–Trinajstić information content (AvgIpc) is 2.17. The van der Waals surface area contributed by atoms with Crippen molar-refractivity contribution in [3.05, 3.63) is 22.2 Å². The second-order valence-electron chi connectivity index (χ2n) is 3.42. The van der Waals surface area contributed by atoms with Crippen LogP contribution in [0.15, 0.2) is 12.1 Å². The van der Waals surface area contributed by atoms with E-state index in [9.17, 15) is 10.1 Å². The molecule has 1 atom stereocenters. The molecule has 0 aliphatic carbocycles. The molecule has 0 saturated carbocycles. The molecule has 0 saturated heterocycles. The van der Waals surface area contributed by atoms with Gasteiger partial charge in [-0.05, 0) is 19.4 Å². The molecule has 1 unspecified atom stereocenters. The molecule has 0 bridgehead atoms. The monoisotopic (exact) mass is 226 g/mol. The third-order valence-electron chi connectivity index (χ3n) is 2.06. The minimum atomic E-state index is -0.580. The summed E-state index contributed by atoms with van der Waals surface area (Å²) in [7, 11) is 0. The standard InChI is InChI=1S/C9H14N4O3/c1-6(4-5-14)11-8-3-2-7(13(15)16)9(10)12-8/h2-3,6,14H,4-5H2,1H3,(H3,10,11,12). The van der Waals surface area contributed by atoms with E-state index in [2.05, 4.69) is 10.3 Å². The fourth-order valence-corrected chi connectivity index (χ4v) is 1.22. The Hall–Kier alpha value is -1.89. The van der Waals surface area contributed by atoms with Crippen molar-refractivity contribution in [2.45, 2.75) is 19.4 Å². The molecule has 7 heteroatoms. The molecule has 1 rings (SSSR count). The van der Waals surface area contributed by atoms with Gasteiger partial charge in [0.15, 0.2) is 0 Å². The van der Waals surface area contributed by atoms with Crippen molar-refractivity contribution in [1.82, 2.24) is 4.98 Å². The molecule has 16 heavy (non-hydrogen) atoms. The Kier molecular flexibility index (Phi) is 4.01. The Balaban J connectivity index is 2.77. The summed E-state index contributed by atoms with van der Waals surface area (Å²) in [6.45, 7) is 1.94. The summed E-state index contributed by atoms with van der Waals surface area (Å²) >= 11 is 0. The van der Waals surface area contributed by atoms with E-state index in [0.717, 1.165) is 0 Å². The van der Waals surface area contributed by atoms with E-state index in [1.165, 1.54) is 12.1 Å². The first-order chi connectivity index (χ1) is 7.54. The fraction of sp³-hybridized carbons (Fsp3) is 0.444. The second kappa shape index (κ2) is 5.26. The van der Waals surface area contributed by atoms with Crippen molar-refractivity contribution < 1.29 is 10.0 Å². The summed E-state index contributed by atoms with van der Waals surface area (Å²) in [6, 6.07) is 2.82. The first-order valence-electron chi connectivity index (χ1n) is 4.83. The lowest BCUT2D eigenvalue weighted by Gasteiger charge is -2.12. The number of aliphatic hydroxyl groups excluding tert-OH is 1. The molecule has 1 heterocycles. The molecule has 1 aromatic heterocycles. The van der Waals surface area contributed by atoms with Crippen molar-refractivity contribution in [2.24, 2.45) is 0 Å². The molecule has 0 amide bonds. The van der Waals surface area contributed by atoms with Crippen LogP contribution in [0, 0.1) is 10.1 Å². The number of rotatable bonds is 5. The number of nitrogens with two attached hydrogens (primary N) is 1. The van der Waals surface area contributed by atoms with Crippen LogP contribution in [-0.2, 0) is 0 Å². The summed E-state index contributed by atoms with van der Waals surface area (Å²) in [5.74, 6) is 0.343. The highest BCUT2D eigenvalue weighted by Crippen LogP contribution is 2.21. The van der Waals surface area contributed by atoms with Crippen LogP contribution < -0.4 is 11.1 Å². The number of nitro groups is 1. The first-order valence-corrected chi connectivity index (χ1v) is 4.83. The normalized spacial score (nSPS) is 12.1. The quantitative estimate of drug-likeness (QED) is 0.504. The highest BCUT2D eigenvalue weighted by Gasteiger charge is 2.13. The van der Waals surface area contributed by atoms with Gasteiger partial charge in [0.1, 0.15) is 5.82 Å². The fourth-order valence-electron chi connectivity index (χ4n) is 1.22. The lowest BCUT2D eigenvalue weighted by molar-refractivity contribution is -0.384. The number of pyridine rings is 1. The Labute approximate surface area is 92.4 Å². The zero-order chi connectivity index (χ0) is 12.1. The van der Waals surface area contributed by atoms with Gasteiger partial charge in [0.2, 0.25) is 5.82 Å². The van der Waals surface area contributed by atoms with E-state index in [0.29, 0.717) is 12.2 Å². The summed E-state index contributed by atoms with van der Waals surface area (Å²) < 4.78 is 0. The highest BCUT2D eigenvalue weighted by molar-refractivity contribution is 5.57. The van der Waals surface area contributed by atoms with Crippen LogP contribution in [0.2, 0.25) is 0 Å². The summed E-state index contributed by atoms with van der Waals surface area (Å²) in [4.78, 5) is 13.8. The van der Waals surface area contributed by atoms with Gasteiger partial charge in [-0.25, -0.2) is 4.98 Å². The van der Waals surface area contributed by atoms with Crippen LogP contribution in [-0.4, -0.2) is 27.7 Å². The predicted molar refractivity (Wildman–Crippen MR) is 60.1 cm³/mol. The number of aliphatic hydroxyl groups is 1. The topological polar surface area (TPSA) is 114 Å². The number of hydrogen-bond acceptors (Lipinski definition) is 6. The minimum absolute atomic E-state index is 0.0263. The van der Waals surface area contributed by atoms with E-state index in [4.69, 9.17) is 10.8 Å². The lowest BCUT2D eigenvalue weighted by Crippen LogP contribution is -2.17. The third-order valence-corrected chi connectivity index (χ3v) is 2.06. The van der Waals surface area contributed by atoms with Gasteiger partial charge in [-0.1, -0.05) is 0 Å². The maximum absolute atomic E-state index is 10.5. The molecule has 0 radical (unpaired) electrons. The molecule has 0 spiro atoms. The molecule has 0 aliphatic heterocycles. The van der Waals surface area contributed by atoms with E-state index in [1.807, 2.05) is 6.92 Å². The van der Waals surface area contributed by atoms with E-state index >= 15 is 0 Å². The number of nitrogen functional groups attached to an aromatic ring is 1. The highest BCUT2D eigenvalue weighted by atomic mass is 16.6. The van der Waals surface area contributed by atoms with Crippen LogP contribution in [0.5, 0.6) is 0 Å². The minimum Gasteiger partial charge on any atom is -0.396 e. The molecule has 0 aromatic carbocycles. The van der Waals surface area contributed by atoms with Gasteiger partial charge >= 0.3 is 5.69 Å². The largest absolute Gasteiger partial charge is 0.396 e. The number of anilines is 2. The van der Waals surface area contributed by atoms with Crippen LogP contribution in [0.25, 0.3) is 0 Å². The van der Waals surface area contributed by atoms with Crippen molar-refractivity contribution in [1.29, 1.82) is 0 Å². The van der Waals surface area contributed by atoms with Crippen molar-refractivity contribution >= 4 is 17.3 Å². The Bertz CT molecular complexity index is 383. The lowest BCUT2D eigenvalue weighted by atomic mass is 10.2. The first kappa shape index (κ1) is 12.2. The van der Waals surface area contributed by atoms with Crippen molar-refractivity contribution in [2.75, 3.05) is 17.7 Å². The zero-order valence-corrected chi connectivity index (χ0v) is 8.88. The Morgan fingerprint density at radius 3 is 2.88 bits per heavy atom. The summed E-state index contributed by atoms with van der Waals surface area (Å²) in [6.07, 6.45) is 0.568. The summed E-state index contributed by atoms with van der Waals surface area (Å²) in [5, 5.41) is 22.2. The SMILES string of the molecule is CC(CCO)Nc1ccc([N+](=O)[O-])c(N)n1. The number of hydrogen-bond donors (Lipinski definition) is 3. The molecule has 88 valence electrons. The molecule has 0 fully saturated rings. The number of nitrogens with zero attached hydrogens (tertiary/aromatic N) is 2. The maximum Gasteiger partial charge on any atom is 0.311 e. The van der Waals surface area contributed by atoms with Gasteiger partial charge in [0.25, 0.3) is 0 Å². The van der Waals surface area contributed by atoms with Crippen LogP contribution >= 0.6 is 0 Å². The molecular weight excluding hydrogens is 212 g/mol. The average molecular weight is 226 g/mol. The van der Waals surface area contributed by atoms with E-state index in [1.54, 1.807) is 0 Å². The molecule has 7 nitrogen and oxygen atoms in total. The van der Waals surface area contributed by atoms with Gasteiger partial charge in [-0.15, -0.1) is 0 Å². The van der Waals surface area contributed by atoms with Crippen LogP contribution in [0.3, 0.4) is 0 Å². The van der Waals surface area contributed by atoms with E-state index < -0.39 is 4.92 Å². The number of aromatic nitrogens is 1. The van der Waals surface area contributed by atoms with Crippen LogP contribution in [0.4, 0.5) is 17.3 Å². The van der Waals surface area contributed by atoms with Crippen molar-refractivity contribution in [3.8, 4) is 0 Å². The summed E-state index contributed by atoms with van der Waals surface area (Å²) in [5.41, 5.74) is 5.22. The van der Waals surface area contributed by atoms with Gasteiger partial charge in [0.05, 0.1) is 4.92 Å². The van der Waals surface area contributed by atoms with Gasteiger partial charge in [-0.3, -0.25) is 10.1 Å². The Morgan fingerprint density at radius 2 is 2.38 bits per heavy atom. The second-order valence-corrected chi connectivity index (χ2v) is 3.42. The molecular formula is C9H14N4O3. The number of nitrogens with one attached hydrogen (secondary N) is 1. The Morgan fingerprint density at radius 1 is 1.69 bits per heavy atom. The predicted octanol–water partition coefficient (Wildman–Crippen LogP) is 0.755. The molecule has 4 N–H and O–H groups in total. The van der Waals surface area contributed by atoms with Gasteiger partial charge in [-0.2, -0.15) is 0 Å². The van der Waals surface area contributed by atoms with Crippen molar-refractivity contribution in [3.63, 3.8) is 0 Å². The molecule has 0 aliphatic rings. The maximum atomic E-state index is 10.5. The van der Waals surface area contributed by atoms with Gasteiger partial charge < -0.3 is 16.2 Å². The smallest absolute Gasteiger partial charge is 0.311 e. The van der Waals surface area contributed by atoms with Crippen LogP contribution in [0.1, 0.15) is 13.3 Å².